The Kier molecular flexibility index (Phi) is 8.13. The maximum absolute atomic E-state index is 12.4. The molecule has 9 heteroatoms. The van der Waals surface area contributed by atoms with Gasteiger partial charge < -0.3 is 15.7 Å². The Labute approximate surface area is 182 Å². The Balaban J connectivity index is 1.95. The van der Waals surface area contributed by atoms with Gasteiger partial charge in [-0.25, -0.2) is 4.79 Å². The van der Waals surface area contributed by atoms with E-state index in [1.54, 1.807) is 49.4 Å². The van der Waals surface area contributed by atoms with Gasteiger partial charge in [0.15, 0.2) is 0 Å². The van der Waals surface area contributed by atoms with E-state index in [2.05, 4.69) is 10.6 Å². The van der Waals surface area contributed by atoms with E-state index < -0.39 is 17.1 Å². The van der Waals surface area contributed by atoms with Crippen LogP contribution in [-0.4, -0.2) is 28.1 Å². The first-order valence-corrected chi connectivity index (χ1v) is 10.0. The number of anilines is 2. The average Bonchev–Trinajstić information content (AvgIpc) is 2.66. The zero-order chi connectivity index (χ0) is 21.6. The van der Waals surface area contributed by atoms with Gasteiger partial charge in [-0.1, -0.05) is 23.2 Å². The van der Waals surface area contributed by atoms with Crippen molar-refractivity contribution in [2.45, 2.75) is 24.0 Å². The summed E-state index contributed by atoms with van der Waals surface area (Å²) in [5.41, 5.74) is 0.894. The largest absolute Gasteiger partial charge is 0.478 e. The molecule has 0 aliphatic carbocycles. The number of nitrogens with one attached hydrogen (secondary N) is 2. The van der Waals surface area contributed by atoms with Crippen LogP contribution in [0.1, 0.15) is 13.8 Å². The van der Waals surface area contributed by atoms with Crippen LogP contribution in [0.15, 0.2) is 59.0 Å². The van der Waals surface area contributed by atoms with Crippen molar-refractivity contribution in [3.05, 3.63) is 64.2 Å². The van der Waals surface area contributed by atoms with Crippen molar-refractivity contribution in [2.24, 2.45) is 0 Å². The summed E-state index contributed by atoms with van der Waals surface area (Å²) in [4.78, 5) is 35.7. The number of carbonyl (C=O) groups is 3. The van der Waals surface area contributed by atoms with Gasteiger partial charge in [0.2, 0.25) is 11.8 Å². The third-order valence-electron chi connectivity index (χ3n) is 3.68. The van der Waals surface area contributed by atoms with Gasteiger partial charge in [-0.15, -0.1) is 11.8 Å². The van der Waals surface area contributed by atoms with E-state index in [4.69, 9.17) is 28.3 Å². The molecule has 0 heterocycles. The van der Waals surface area contributed by atoms with E-state index in [0.29, 0.717) is 21.4 Å². The third-order valence-corrected chi connectivity index (χ3v) is 5.35. The van der Waals surface area contributed by atoms with E-state index in [9.17, 15) is 14.4 Å². The second kappa shape index (κ2) is 10.3. The topological polar surface area (TPSA) is 95.5 Å². The highest BCUT2D eigenvalue weighted by atomic mass is 35.5. The fourth-order valence-electron chi connectivity index (χ4n) is 2.14. The van der Waals surface area contributed by atoms with Crippen LogP contribution >= 0.6 is 35.0 Å². The number of hydrogen-bond acceptors (Lipinski definition) is 4. The van der Waals surface area contributed by atoms with Crippen molar-refractivity contribution < 1.29 is 19.5 Å². The molecule has 6 nitrogen and oxygen atoms in total. The number of aliphatic carboxylic acids is 1. The van der Waals surface area contributed by atoms with Gasteiger partial charge in [0, 0.05) is 27.3 Å². The fourth-order valence-corrected chi connectivity index (χ4v) is 3.34. The lowest BCUT2D eigenvalue weighted by atomic mass is 10.2. The number of thioether (sulfide) groups is 1. The lowest BCUT2D eigenvalue weighted by Gasteiger charge is -2.13. The van der Waals surface area contributed by atoms with Crippen LogP contribution in [0.3, 0.4) is 0 Å². The highest BCUT2D eigenvalue weighted by molar-refractivity contribution is 8.00. The lowest BCUT2D eigenvalue weighted by molar-refractivity contribution is -0.132. The molecule has 0 saturated carbocycles. The first-order chi connectivity index (χ1) is 13.7. The SMILES string of the molecule is CC(=CC(=O)Nc1ccc(SC(C)C(=O)Nc2cc(Cl)ccc2Cl)cc1)C(=O)O. The summed E-state index contributed by atoms with van der Waals surface area (Å²) >= 11 is 13.3. The normalized spacial score (nSPS) is 12.2. The van der Waals surface area contributed by atoms with Crippen LogP contribution in [0, 0.1) is 0 Å². The Bertz CT molecular complexity index is 961. The van der Waals surface area contributed by atoms with Gasteiger partial charge in [0.05, 0.1) is 16.0 Å². The molecule has 3 N–H and O–H groups in total. The van der Waals surface area contributed by atoms with Crippen LogP contribution in [0.25, 0.3) is 0 Å². The van der Waals surface area contributed by atoms with Crippen LogP contribution < -0.4 is 10.6 Å². The van der Waals surface area contributed by atoms with Gasteiger partial charge in [0.1, 0.15) is 0 Å². The van der Waals surface area contributed by atoms with E-state index >= 15 is 0 Å². The predicted octanol–water partition coefficient (Wildman–Crippen LogP) is 5.08. The monoisotopic (exact) mass is 452 g/mol. The Hall–Kier alpha value is -2.48. The van der Waals surface area contributed by atoms with Crippen molar-refractivity contribution in [2.75, 3.05) is 10.6 Å². The second-order valence-electron chi connectivity index (χ2n) is 6.02. The summed E-state index contributed by atoms with van der Waals surface area (Å²) in [6, 6.07) is 11.7. The average molecular weight is 453 g/mol. The van der Waals surface area contributed by atoms with Gasteiger partial charge in [-0.2, -0.15) is 0 Å². The van der Waals surface area contributed by atoms with Crippen molar-refractivity contribution in [3.63, 3.8) is 0 Å². The number of carbonyl (C=O) groups excluding carboxylic acids is 2. The Morgan fingerprint density at radius 2 is 1.72 bits per heavy atom. The van der Waals surface area contributed by atoms with Crippen LogP contribution in [0.2, 0.25) is 10.0 Å². The second-order valence-corrected chi connectivity index (χ2v) is 8.28. The molecule has 0 aliphatic rings. The highest BCUT2D eigenvalue weighted by Gasteiger charge is 2.16. The minimum Gasteiger partial charge on any atom is -0.478 e. The molecule has 152 valence electrons. The van der Waals surface area contributed by atoms with E-state index in [0.717, 1.165) is 11.0 Å². The van der Waals surface area contributed by atoms with Gasteiger partial charge in [0.25, 0.3) is 0 Å². The smallest absolute Gasteiger partial charge is 0.331 e. The van der Waals surface area contributed by atoms with Gasteiger partial charge >= 0.3 is 5.97 Å². The minimum absolute atomic E-state index is 0.0608. The Morgan fingerprint density at radius 3 is 2.34 bits per heavy atom. The molecule has 0 bridgehead atoms. The zero-order valence-electron chi connectivity index (χ0n) is 15.5. The van der Waals surface area contributed by atoms with Gasteiger partial charge in [-0.3, -0.25) is 9.59 Å². The molecule has 1 atom stereocenters. The van der Waals surface area contributed by atoms with E-state index in [1.165, 1.54) is 18.7 Å². The summed E-state index contributed by atoms with van der Waals surface area (Å²) in [6.45, 7) is 3.10. The molecule has 29 heavy (non-hydrogen) atoms. The quantitative estimate of drug-likeness (QED) is 0.401. The van der Waals surface area contributed by atoms with Gasteiger partial charge in [-0.05, 0) is 56.3 Å². The molecule has 0 fully saturated rings. The zero-order valence-corrected chi connectivity index (χ0v) is 17.9. The van der Waals surface area contributed by atoms with E-state index in [-0.39, 0.29) is 11.5 Å². The summed E-state index contributed by atoms with van der Waals surface area (Å²) in [5, 5.41) is 14.6. The summed E-state index contributed by atoms with van der Waals surface area (Å²) in [5.74, 6) is -1.92. The molecule has 2 amide bonds. The molecule has 2 rings (SSSR count). The molecule has 0 radical (unpaired) electrons. The molecule has 0 aromatic heterocycles. The molecular formula is C20H18Cl2N2O4S. The highest BCUT2D eigenvalue weighted by Crippen LogP contribution is 2.28. The number of halogens is 2. The lowest BCUT2D eigenvalue weighted by Crippen LogP contribution is -2.22. The maximum Gasteiger partial charge on any atom is 0.331 e. The minimum atomic E-state index is -1.15. The van der Waals surface area contributed by atoms with E-state index in [1.807, 2.05) is 0 Å². The number of benzene rings is 2. The number of amides is 2. The molecule has 2 aromatic carbocycles. The third kappa shape index (κ3) is 7.12. The Morgan fingerprint density at radius 1 is 1.07 bits per heavy atom. The number of carboxylic acid groups (broad SMARTS) is 1. The van der Waals surface area contributed by atoms with Crippen LogP contribution in [0.4, 0.5) is 11.4 Å². The number of rotatable bonds is 7. The number of carboxylic acids is 1. The summed E-state index contributed by atoms with van der Waals surface area (Å²) < 4.78 is 0. The van der Waals surface area contributed by atoms with Crippen molar-refractivity contribution in [1.29, 1.82) is 0 Å². The number of hydrogen-bond donors (Lipinski definition) is 3. The fraction of sp³-hybridized carbons (Fsp3) is 0.150. The van der Waals surface area contributed by atoms with Crippen molar-refractivity contribution in [1.82, 2.24) is 0 Å². The predicted molar refractivity (Wildman–Crippen MR) is 117 cm³/mol. The first-order valence-electron chi connectivity index (χ1n) is 8.41. The molecule has 0 aliphatic heterocycles. The molecular weight excluding hydrogens is 435 g/mol. The molecule has 2 aromatic rings. The summed E-state index contributed by atoms with van der Waals surface area (Å²) in [7, 11) is 0. The molecule has 1 unspecified atom stereocenters. The standard InChI is InChI=1S/C20H18Cl2N2O4S/c1-11(20(27)28)9-18(25)23-14-4-6-15(7-5-14)29-12(2)19(26)24-17-10-13(21)3-8-16(17)22/h3-10,12H,1-2H3,(H,23,25)(H,24,26)(H,27,28). The van der Waals surface area contributed by atoms with Crippen LogP contribution in [0.5, 0.6) is 0 Å². The van der Waals surface area contributed by atoms with Crippen molar-refractivity contribution in [3.8, 4) is 0 Å². The molecule has 0 spiro atoms. The molecule has 0 saturated heterocycles. The maximum atomic E-state index is 12.4. The summed E-state index contributed by atoms with van der Waals surface area (Å²) in [6.07, 6.45) is 1.01. The first kappa shape index (κ1) is 22.8. The van der Waals surface area contributed by atoms with Crippen LogP contribution in [-0.2, 0) is 14.4 Å². The van der Waals surface area contributed by atoms with Crippen molar-refractivity contribution >= 4 is 64.1 Å².